The van der Waals surface area contributed by atoms with Crippen LogP contribution in [0.15, 0.2) is 0 Å². The second kappa shape index (κ2) is 5.69. The van der Waals surface area contributed by atoms with Gasteiger partial charge in [-0.2, -0.15) is 0 Å². The first-order valence-corrected chi connectivity index (χ1v) is 5.23. The van der Waals surface area contributed by atoms with Crippen molar-refractivity contribution < 1.29 is 14.3 Å². The highest BCUT2D eigenvalue weighted by molar-refractivity contribution is 8.13. The first kappa shape index (κ1) is 13.9. The molecule has 0 aromatic rings. The van der Waals surface area contributed by atoms with Crippen molar-refractivity contribution in [3.8, 4) is 0 Å². The Labute approximate surface area is 91.5 Å². The molecule has 1 heterocycles. The van der Waals surface area contributed by atoms with Gasteiger partial charge in [-0.3, -0.25) is 4.79 Å². The Morgan fingerprint density at radius 2 is 1.93 bits per heavy atom. The highest BCUT2D eigenvalue weighted by Gasteiger charge is 2.31. The number of thioether (sulfide) groups is 1. The summed E-state index contributed by atoms with van der Waals surface area (Å²) in [6, 6.07) is 0. The molecule has 1 aliphatic rings. The van der Waals surface area contributed by atoms with Gasteiger partial charge >= 0.3 is 6.09 Å². The van der Waals surface area contributed by atoms with Crippen molar-refractivity contribution >= 4 is 23.1 Å². The molecule has 0 bridgehead atoms. The number of nitrogens with zero attached hydrogens (tertiary/aromatic N) is 1. The molecule has 1 fully saturated rings. The van der Waals surface area contributed by atoms with E-state index in [0.717, 1.165) is 16.7 Å². The van der Waals surface area contributed by atoms with Gasteiger partial charge in [-0.1, -0.05) is 11.8 Å². The minimum atomic E-state index is -0.539. The van der Waals surface area contributed by atoms with E-state index >= 15 is 0 Å². The van der Waals surface area contributed by atoms with Gasteiger partial charge in [0.25, 0.3) is 5.24 Å². The van der Waals surface area contributed by atoms with Gasteiger partial charge < -0.3 is 4.74 Å². The average molecular weight is 235 g/mol. The third kappa shape index (κ3) is 4.78. The van der Waals surface area contributed by atoms with Crippen molar-refractivity contribution in [2.75, 3.05) is 12.3 Å². The van der Waals surface area contributed by atoms with Gasteiger partial charge in [0.2, 0.25) is 0 Å². The maximum Gasteiger partial charge on any atom is 0.417 e. The Hall–Kier alpha value is -1.11. The molecular formula is C8H13NO5S. The zero-order valence-electron chi connectivity index (χ0n) is 8.81. The van der Waals surface area contributed by atoms with E-state index in [9.17, 15) is 9.59 Å². The standard InChI is InChI=1S/C8H13NO3S.O2/c1-8(2,3)12-6(10)9-4-5-13-7(9)11;1-2/h4-5H2,1-3H3;. The number of imide groups is 1. The Bertz CT molecular complexity index is 250. The molecule has 0 aromatic carbocycles. The van der Waals surface area contributed by atoms with E-state index in [-0.39, 0.29) is 5.24 Å². The van der Waals surface area contributed by atoms with E-state index in [1.54, 1.807) is 20.8 Å². The van der Waals surface area contributed by atoms with Gasteiger partial charge in [-0.25, -0.2) is 9.69 Å². The van der Waals surface area contributed by atoms with Gasteiger partial charge in [0, 0.05) is 22.2 Å². The smallest absolute Gasteiger partial charge is 0.417 e. The minimum Gasteiger partial charge on any atom is -0.443 e. The van der Waals surface area contributed by atoms with Crippen molar-refractivity contribution in [1.29, 1.82) is 0 Å². The molecule has 0 spiro atoms. The molecule has 1 aliphatic heterocycles. The average Bonchev–Trinajstić information content (AvgIpc) is 2.52. The summed E-state index contributed by atoms with van der Waals surface area (Å²) in [5, 5.41) is -0.214. The number of carbonyl (C=O) groups excluding carboxylic acids is 2. The van der Waals surface area contributed by atoms with Crippen LogP contribution < -0.4 is 0 Å². The molecule has 2 amide bonds. The summed E-state index contributed by atoms with van der Waals surface area (Å²) < 4.78 is 5.04. The molecule has 15 heavy (non-hydrogen) atoms. The highest BCUT2D eigenvalue weighted by atomic mass is 32.2. The lowest BCUT2D eigenvalue weighted by molar-refractivity contribution is 0.0357. The summed E-state index contributed by atoms with van der Waals surface area (Å²) >= 11 is 1.15. The fourth-order valence-electron chi connectivity index (χ4n) is 0.876. The van der Waals surface area contributed by atoms with E-state index in [0.29, 0.717) is 12.3 Å². The third-order valence-corrected chi connectivity index (χ3v) is 2.23. The Balaban J connectivity index is 0.000000921. The molecule has 0 unspecified atom stereocenters. The maximum atomic E-state index is 11.3. The molecule has 0 aromatic heterocycles. The number of hydrogen-bond acceptors (Lipinski definition) is 6. The lowest BCUT2D eigenvalue weighted by atomic mass is 10.2. The Kier molecular flexibility index (Phi) is 5.27. The Morgan fingerprint density at radius 3 is 2.27 bits per heavy atom. The quantitative estimate of drug-likeness (QED) is 0.640. The molecule has 6 nitrogen and oxygen atoms in total. The van der Waals surface area contributed by atoms with Crippen LogP contribution >= 0.6 is 11.8 Å². The maximum absolute atomic E-state index is 11.3. The van der Waals surface area contributed by atoms with Crippen LogP contribution in [0.2, 0.25) is 0 Å². The Morgan fingerprint density at radius 1 is 1.40 bits per heavy atom. The van der Waals surface area contributed by atoms with E-state index in [1.807, 2.05) is 0 Å². The van der Waals surface area contributed by atoms with Crippen molar-refractivity contribution in [1.82, 2.24) is 4.90 Å². The largest absolute Gasteiger partial charge is 0.443 e. The zero-order chi connectivity index (χ0) is 12.1. The van der Waals surface area contributed by atoms with Gasteiger partial charge in [-0.15, -0.1) is 0 Å². The lowest BCUT2D eigenvalue weighted by Gasteiger charge is -2.22. The molecule has 1 rings (SSSR count). The van der Waals surface area contributed by atoms with Gasteiger partial charge in [0.05, 0.1) is 0 Å². The summed E-state index contributed by atoms with van der Waals surface area (Å²) in [7, 11) is 0. The molecule has 0 saturated carbocycles. The van der Waals surface area contributed by atoms with Crippen molar-refractivity contribution in [2.45, 2.75) is 26.4 Å². The molecule has 0 N–H and O–H groups in total. The summed E-state index contributed by atoms with van der Waals surface area (Å²) in [6.07, 6.45) is -0.539. The molecule has 0 radical (unpaired) electrons. The number of ether oxygens (including phenoxy) is 1. The van der Waals surface area contributed by atoms with Crippen molar-refractivity contribution in [2.24, 2.45) is 0 Å². The highest BCUT2D eigenvalue weighted by Crippen LogP contribution is 2.20. The molecule has 1 saturated heterocycles. The van der Waals surface area contributed by atoms with Gasteiger partial charge in [-0.05, 0) is 20.8 Å². The van der Waals surface area contributed by atoms with Crippen molar-refractivity contribution in [3.05, 3.63) is 9.93 Å². The molecule has 0 aliphatic carbocycles. The van der Waals surface area contributed by atoms with Crippen LogP contribution in [-0.2, 0) is 4.74 Å². The van der Waals surface area contributed by atoms with Crippen LogP contribution in [0.5, 0.6) is 0 Å². The van der Waals surface area contributed by atoms with Crippen LogP contribution in [0.1, 0.15) is 20.8 Å². The normalized spacial score (nSPS) is 15.7. The van der Waals surface area contributed by atoms with Gasteiger partial charge in [0.15, 0.2) is 0 Å². The van der Waals surface area contributed by atoms with E-state index in [4.69, 9.17) is 14.7 Å². The van der Waals surface area contributed by atoms with Crippen LogP contribution in [0, 0.1) is 9.93 Å². The summed E-state index contributed by atoms with van der Waals surface area (Å²) in [5.41, 5.74) is -0.537. The zero-order valence-corrected chi connectivity index (χ0v) is 9.63. The predicted octanol–water partition coefficient (Wildman–Crippen LogP) is 2.16. The number of rotatable bonds is 0. The fourth-order valence-corrected chi connectivity index (χ4v) is 1.65. The predicted molar refractivity (Wildman–Crippen MR) is 57.5 cm³/mol. The molecule has 0 atom stereocenters. The second-order valence-electron chi connectivity index (χ2n) is 3.75. The van der Waals surface area contributed by atoms with E-state index in [2.05, 4.69) is 0 Å². The van der Waals surface area contributed by atoms with Crippen LogP contribution in [0.3, 0.4) is 0 Å². The van der Waals surface area contributed by atoms with Crippen LogP contribution in [0.25, 0.3) is 0 Å². The molecule has 7 heteroatoms. The summed E-state index contributed by atoms with van der Waals surface area (Å²) in [4.78, 5) is 37.6. The second-order valence-corrected chi connectivity index (χ2v) is 4.79. The monoisotopic (exact) mass is 235 g/mol. The third-order valence-electron chi connectivity index (χ3n) is 1.37. The molecular weight excluding hydrogens is 222 g/mol. The van der Waals surface area contributed by atoms with E-state index < -0.39 is 11.7 Å². The first-order chi connectivity index (χ1) is 6.90. The first-order valence-electron chi connectivity index (χ1n) is 4.24. The fraction of sp³-hybridized carbons (Fsp3) is 0.750. The SMILES string of the molecule is CC(C)(C)OC(=O)N1CCSC1=O.O=O. The minimum absolute atomic E-state index is 0.214. The van der Waals surface area contributed by atoms with E-state index in [1.165, 1.54) is 0 Å². The molecule has 86 valence electrons. The summed E-state index contributed by atoms with van der Waals surface area (Å²) in [6.45, 7) is 5.79. The van der Waals surface area contributed by atoms with Crippen molar-refractivity contribution in [3.63, 3.8) is 0 Å². The number of carbonyl (C=O) groups is 2. The topological polar surface area (TPSA) is 80.8 Å². The van der Waals surface area contributed by atoms with Crippen LogP contribution in [0.4, 0.5) is 9.59 Å². The number of amides is 2. The summed E-state index contributed by atoms with van der Waals surface area (Å²) in [5.74, 6) is 0.665. The van der Waals surface area contributed by atoms with Gasteiger partial charge in [0.1, 0.15) is 5.60 Å². The number of hydrogen-bond donors (Lipinski definition) is 0. The van der Waals surface area contributed by atoms with Crippen LogP contribution in [-0.4, -0.2) is 34.1 Å². The lowest BCUT2D eigenvalue weighted by Crippen LogP contribution is -2.36.